The number of nitrogens with zero attached hydrogens (tertiary/aromatic N) is 3. The number of piperazine rings is 1. The van der Waals surface area contributed by atoms with E-state index in [1.807, 2.05) is 13.0 Å². The lowest BCUT2D eigenvalue weighted by atomic mass is 10.0. The SMILES string of the molecule is CNC(=O)c1cc(F)c(-c2nc3cc(C)ccn3c2C[C@H]2CN(C(=O)O)CCN2)c(F)c1. The molecule has 1 aliphatic rings. The molecule has 1 aromatic carbocycles. The monoisotopic (exact) mass is 443 g/mol. The number of carbonyl (C=O) groups is 2. The third-order valence-corrected chi connectivity index (χ3v) is 5.61. The van der Waals surface area contributed by atoms with Crippen molar-refractivity contribution in [1.29, 1.82) is 0 Å². The number of aryl methyl sites for hydroxylation is 1. The number of hydrogen-bond acceptors (Lipinski definition) is 4. The molecule has 0 spiro atoms. The average molecular weight is 443 g/mol. The van der Waals surface area contributed by atoms with Gasteiger partial charge < -0.3 is 25.0 Å². The number of carbonyl (C=O) groups excluding carboxylic acids is 1. The maximum absolute atomic E-state index is 15.1. The van der Waals surface area contributed by atoms with Crippen molar-refractivity contribution in [1.82, 2.24) is 24.9 Å². The molecule has 0 radical (unpaired) electrons. The van der Waals surface area contributed by atoms with Gasteiger partial charge in [0.05, 0.1) is 17.0 Å². The minimum absolute atomic E-state index is 0.126. The summed E-state index contributed by atoms with van der Waals surface area (Å²) >= 11 is 0. The molecule has 1 saturated heterocycles. The lowest BCUT2D eigenvalue weighted by Crippen LogP contribution is -2.53. The first-order chi connectivity index (χ1) is 15.3. The first kappa shape index (κ1) is 21.7. The zero-order chi connectivity index (χ0) is 23.0. The van der Waals surface area contributed by atoms with Crippen LogP contribution >= 0.6 is 0 Å². The predicted octanol–water partition coefficient (Wildman–Crippen LogP) is 2.44. The summed E-state index contributed by atoms with van der Waals surface area (Å²) in [6, 6.07) is 5.39. The zero-order valence-electron chi connectivity index (χ0n) is 17.7. The maximum Gasteiger partial charge on any atom is 0.407 e. The van der Waals surface area contributed by atoms with Gasteiger partial charge in [-0.3, -0.25) is 4.79 Å². The number of nitrogens with one attached hydrogen (secondary N) is 2. The summed E-state index contributed by atoms with van der Waals surface area (Å²) in [5, 5.41) is 14.9. The Balaban J connectivity index is 1.82. The Bertz CT molecular complexity index is 1190. The molecule has 4 rings (SSSR count). The highest BCUT2D eigenvalue weighted by molar-refractivity contribution is 5.94. The molecule has 0 unspecified atom stereocenters. The second kappa shape index (κ2) is 8.54. The standard InChI is InChI=1S/C22H23F2N5O3/c1-12-3-5-29-17(10-14-11-28(22(31)32)6-4-26-14)20(27-18(29)7-12)19-15(23)8-13(9-16(19)24)21(30)25-2/h3,5,7-9,14,26H,4,6,10-11H2,1-2H3,(H,25,30)(H,31,32)/t14-/m0/s1. The second-order valence-corrected chi connectivity index (χ2v) is 7.82. The Kier molecular flexibility index (Phi) is 5.79. The van der Waals surface area contributed by atoms with E-state index < -0.39 is 23.6 Å². The van der Waals surface area contributed by atoms with Gasteiger partial charge in [0.25, 0.3) is 5.91 Å². The van der Waals surface area contributed by atoms with Gasteiger partial charge in [-0.2, -0.15) is 0 Å². The maximum atomic E-state index is 15.1. The lowest BCUT2D eigenvalue weighted by molar-refractivity contribution is 0.0962. The van der Waals surface area contributed by atoms with Gasteiger partial charge in [0.15, 0.2) is 0 Å². The third-order valence-electron chi connectivity index (χ3n) is 5.61. The number of aromatic nitrogens is 2. The molecule has 2 amide bonds. The van der Waals surface area contributed by atoms with Crippen LogP contribution in [-0.2, 0) is 6.42 Å². The summed E-state index contributed by atoms with van der Waals surface area (Å²) in [6.45, 7) is 2.98. The highest BCUT2D eigenvalue weighted by Crippen LogP contribution is 2.31. The van der Waals surface area contributed by atoms with Crippen LogP contribution in [0.1, 0.15) is 21.6 Å². The summed E-state index contributed by atoms with van der Waals surface area (Å²) in [5.41, 5.74) is 1.69. The Morgan fingerprint density at radius 2 is 2.00 bits per heavy atom. The Morgan fingerprint density at radius 3 is 2.66 bits per heavy atom. The molecule has 1 fully saturated rings. The highest BCUT2D eigenvalue weighted by atomic mass is 19.1. The fraction of sp³-hybridized carbons (Fsp3) is 0.318. The fourth-order valence-corrected chi connectivity index (χ4v) is 4.04. The van der Waals surface area contributed by atoms with Gasteiger partial charge in [-0.05, 0) is 36.8 Å². The van der Waals surface area contributed by atoms with E-state index in [2.05, 4.69) is 15.6 Å². The lowest BCUT2D eigenvalue weighted by Gasteiger charge is -2.32. The summed E-state index contributed by atoms with van der Waals surface area (Å²) in [7, 11) is 1.38. The van der Waals surface area contributed by atoms with Gasteiger partial charge in [0.2, 0.25) is 0 Å². The zero-order valence-corrected chi connectivity index (χ0v) is 17.7. The predicted molar refractivity (Wildman–Crippen MR) is 114 cm³/mol. The largest absolute Gasteiger partial charge is 0.465 e. The number of fused-ring (bicyclic) bond motifs is 1. The van der Waals surface area contributed by atoms with Crippen LogP contribution in [0.2, 0.25) is 0 Å². The quantitative estimate of drug-likeness (QED) is 0.575. The number of benzene rings is 1. The normalized spacial score (nSPS) is 16.4. The van der Waals surface area contributed by atoms with Crippen LogP contribution in [0.15, 0.2) is 30.5 Å². The number of rotatable bonds is 4. The van der Waals surface area contributed by atoms with E-state index >= 15 is 8.78 Å². The van der Waals surface area contributed by atoms with Crippen molar-refractivity contribution in [2.45, 2.75) is 19.4 Å². The molecule has 3 aromatic rings. The second-order valence-electron chi connectivity index (χ2n) is 7.82. The van der Waals surface area contributed by atoms with Gasteiger partial charge in [-0.15, -0.1) is 0 Å². The van der Waals surface area contributed by atoms with Crippen LogP contribution in [-0.4, -0.2) is 64.1 Å². The minimum atomic E-state index is -1.01. The van der Waals surface area contributed by atoms with E-state index in [0.29, 0.717) is 30.9 Å². The summed E-state index contributed by atoms with van der Waals surface area (Å²) in [5.74, 6) is -2.39. The van der Waals surface area contributed by atoms with Gasteiger partial charge in [-0.25, -0.2) is 18.6 Å². The third kappa shape index (κ3) is 4.01. The van der Waals surface area contributed by atoms with Crippen molar-refractivity contribution in [3.05, 3.63) is 58.9 Å². The van der Waals surface area contributed by atoms with Gasteiger partial charge >= 0.3 is 6.09 Å². The molecule has 3 N–H and O–H groups in total. The van der Waals surface area contributed by atoms with Crippen molar-refractivity contribution >= 4 is 17.6 Å². The molecular formula is C22H23F2N5O3. The van der Waals surface area contributed by atoms with Crippen molar-refractivity contribution < 1.29 is 23.5 Å². The molecule has 0 aliphatic carbocycles. The Hall–Kier alpha value is -3.53. The van der Waals surface area contributed by atoms with Crippen molar-refractivity contribution in [2.75, 3.05) is 26.7 Å². The van der Waals surface area contributed by atoms with Crippen LogP contribution in [0.4, 0.5) is 13.6 Å². The van der Waals surface area contributed by atoms with E-state index in [1.165, 1.54) is 11.9 Å². The smallest absolute Gasteiger partial charge is 0.407 e. The molecule has 1 aliphatic heterocycles. The van der Waals surface area contributed by atoms with Crippen LogP contribution in [0.5, 0.6) is 0 Å². The first-order valence-corrected chi connectivity index (χ1v) is 10.2. The van der Waals surface area contributed by atoms with Crippen LogP contribution in [0.25, 0.3) is 16.9 Å². The number of carboxylic acid groups (broad SMARTS) is 1. The highest BCUT2D eigenvalue weighted by Gasteiger charge is 2.28. The van der Waals surface area contributed by atoms with E-state index in [9.17, 15) is 14.7 Å². The molecule has 10 heteroatoms. The van der Waals surface area contributed by atoms with Crippen LogP contribution < -0.4 is 10.6 Å². The molecule has 1 atom stereocenters. The van der Waals surface area contributed by atoms with E-state index in [-0.39, 0.29) is 29.4 Å². The van der Waals surface area contributed by atoms with Crippen molar-refractivity contribution in [3.63, 3.8) is 0 Å². The molecule has 3 heterocycles. The number of halogens is 2. The Labute approximate surface area is 182 Å². The van der Waals surface area contributed by atoms with Crippen molar-refractivity contribution in [3.8, 4) is 11.3 Å². The van der Waals surface area contributed by atoms with E-state index in [4.69, 9.17) is 0 Å². The molecule has 32 heavy (non-hydrogen) atoms. The number of pyridine rings is 1. The molecule has 168 valence electrons. The first-order valence-electron chi connectivity index (χ1n) is 10.2. The fourth-order valence-electron chi connectivity index (χ4n) is 4.04. The Morgan fingerprint density at radius 1 is 1.28 bits per heavy atom. The topological polar surface area (TPSA) is 99.0 Å². The van der Waals surface area contributed by atoms with Gasteiger partial charge in [0, 0.05) is 50.9 Å². The summed E-state index contributed by atoms with van der Waals surface area (Å²) in [4.78, 5) is 29.0. The average Bonchev–Trinajstić information content (AvgIpc) is 3.09. The van der Waals surface area contributed by atoms with E-state index in [1.54, 1.807) is 16.7 Å². The van der Waals surface area contributed by atoms with Gasteiger partial charge in [0.1, 0.15) is 17.3 Å². The van der Waals surface area contributed by atoms with Crippen molar-refractivity contribution in [2.24, 2.45) is 0 Å². The molecule has 0 saturated carbocycles. The number of hydrogen-bond donors (Lipinski definition) is 3. The molecule has 8 nitrogen and oxygen atoms in total. The van der Waals surface area contributed by atoms with Gasteiger partial charge in [-0.1, -0.05) is 0 Å². The van der Waals surface area contributed by atoms with Crippen LogP contribution in [0.3, 0.4) is 0 Å². The van der Waals surface area contributed by atoms with Crippen LogP contribution in [0, 0.1) is 18.6 Å². The molecule has 0 bridgehead atoms. The molecular weight excluding hydrogens is 420 g/mol. The van der Waals surface area contributed by atoms with E-state index in [0.717, 1.165) is 17.7 Å². The number of imidazole rings is 1. The summed E-state index contributed by atoms with van der Waals surface area (Å²) < 4.78 is 31.9. The molecule has 2 aromatic heterocycles. The minimum Gasteiger partial charge on any atom is -0.465 e. The summed E-state index contributed by atoms with van der Waals surface area (Å²) in [6.07, 6.45) is 1.08. The number of amides is 2.